The molecule has 1 aliphatic heterocycles. The first-order valence-corrected chi connectivity index (χ1v) is 7.66. The molecule has 24 heavy (non-hydrogen) atoms. The molecule has 0 saturated heterocycles. The Bertz CT molecular complexity index is 876. The first-order chi connectivity index (χ1) is 11.8. The smallest absolute Gasteiger partial charge is 0.249 e. The molecule has 0 atom stereocenters. The quantitative estimate of drug-likeness (QED) is 0.766. The lowest BCUT2D eigenvalue weighted by molar-refractivity contribution is -0.115. The van der Waals surface area contributed by atoms with Crippen molar-refractivity contribution in [3.8, 4) is 17.3 Å². The van der Waals surface area contributed by atoms with Gasteiger partial charge in [0.25, 0.3) is 0 Å². The largest absolute Gasteiger partial charge is 0.493 e. The van der Waals surface area contributed by atoms with E-state index in [2.05, 4.69) is 25.5 Å². The second kappa shape index (κ2) is 6.11. The van der Waals surface area contributed by atoms with Gasteiger partial charge in [-0.1, -0.05) is 18.2 Å². The van der Waals surface area contributed by atoms with Gasteiger partial charge in [0.1, 0.15) is 11.4 Å². The molecule has 0 unspecified atom stereocenters. The van der Waals surface area contributed by atoms with Gasteiger partial charge in [-0.25, -0.2) is 0 Å². The normalized spacial score (nSPS) is 12.5. The van der Waals surface area contributed by atoms with Crippen molar-refractivity contribution in [2.24, 2.45) is 0 Å². The molecular weight excluding hydrogens is 306 g/mol. The van der Waals surface area contributed by atoms with Crippen LogP contribution >= 0.6 is 0 Å². The molecule has 0 saturated carbocycles. The fourth-order valence-corrected chi connectivity index (χ4v) is 2.64. The second-order valence-electron chi connectivity index (χ2n) is 5.49. The Balaban J connectivity index is 1.42. The van der Waals surface area contributed by atoms with Gasteiger partial charge in [0.05, 0.1) is 13.0 Å². The van der Waals surface area contributed by atoms with Crippen LogP contribution in [0.3, 0.4) is 0 Å². The number of hydrogen-bond donors (Lipinski definition) is 2. The van der Waals surface area contributed by atoms with Crippen LogP contribution in [0, 0.1) is 0 Å². The third-order valence-corrected chi connectivity index (χ3v) is 3.76. The standard InChI is InChI=1S/C17H15N5O2/c23-15(10-11-4-5-14-12(9-11)6-8-24-14)19-17-20-16(21-22-17)13-3-1-2-7-18-13/h1-5,7,9H,6,8,10H2,(H2,19,20,21,22,23). The summed E-state index contributed by atoms with van der Waals surface area (Å²) in [5.41, 5.74) is 2.76. The van der Waals surface area contributed by atoms with Gasteiger partial charge < -0.3 is 4.74 Å². The van der Waals surface area contributed by atoms with Crippen LogP contribution in [-0.4, -0.2) is 32.7 Å². The Morgan fingerprint density at radius 2 is 2.25 bits per heavy atom. The van der Waals surface area contributed by atoms with Crippen molar-refractivity contribution in [2.45, 2.75) is 12.8 Å². The van der Waals surface area contributed by atoms with Crippen LogP contribution in [0.4, 0.5) is 5.95 Å². The number of benzene rings is 1. The minimum Gasteiger partial charge on any atom is -0.493 e. The van der Waals surface area contributed by atoms with Crippen LogP contribution in [0.2, 0.25) is 0 Å². The Labute approximate surface area is 138 Å². The predicted octanol–water partition coefficient (Wildman–Crippen LogP) is 1.98. The number of anilines is 1. The van der Waals surface area contributed by atoms with E-state index in [1.54, 1.807) is 6.20 Å². The van der Waals surface area contributed by atoms with Crippen LogP contribution in [0.25, 0.3) is 11.5 Å². The number of nitrogens with one attached hydrogen (secondary N) is 2. The van der Waals surface area contributed by atoms with E-state index in [1.165, 1.54) is 0 Å². The van der Waals surface area contributed by atoms with Crippen LogP contribution in [0.5, 0.6) is 5.75 Å². The highest BCUT2D eigenvalue weighted by Gasteiger charge is 2.14. The highest BCUT2D eigenvalue weighted by Crippen LogP contribution is 2.26. The van der Waals surface area contributed by atoms with Gasteiger partial charge in [-0.15, -0.1) is 5.10 Å². The summed E-state index contributed by atoms with van der Waals surface area (Å²) in [4.78, 5) is 20.6. The highest BCUT2D eigenvalue weighted by molar-refractivity contribution is 5.90. The minimum absolute atomic E-state index is 0.166. The number of fused-ring (bicyclic) bond motifs is 1. The van der Waals surface area contributed by atoms with Gasteiger partial charge in [0.15, 0.2) is 5.82 Å². The summed E-state index contributed by atoms with van der Waals surface area (Å²) in [6.45, 7) is 0.707. The zero-order chi connectivity index (χ0) is 16.4. The summed E-state index contributed by atoms with van der Waals surface area (Å²) < 4.78 is 5.47. The second-order valence-corrected chi connectivity index (χ2v) is 5.49. The average Bonchev–Trinajstić information content (AvgIpc) is 3.24. The molecule has 120 valence electrons. The van der Waals surface area contributed by atoms with E-state index in [0.717, 1.165) is 23.3 Å². The molecule has 0 spiro atoms. The van der Waals surface area contributed by atoms with Crippen molar-refractivity contribution >= 4 is 11.9 Å². The number of amides is 1. The monoisotopic (exact) mass is 321 g/mol. The van der Waals surface area contributed by atoms with Gasteiger partial charge in [0.2, 0.25) is 11.9 Å². The van der Waals surface area contributed by atoms with Crippen molar-refractivity contribution in [2.75, 3.05) is 11.9 Å². The molecule has 1 amide bonds. The number of aromatic nitrogens is 4. The maximum atomic E-state index is 12.2. The van der Waals surface area contributed by atoms with Crippen molar-refractivity contribution in [1.29, 1.82) is 0 Å². The van der Waals surface area contributed by atoms with Gasteiger partial charge in [0, 0.05) is 12.6 Å². The zero-order valence-electron chi connectivity index (χ0n) is 12.8. The van der Waals surface area contributed by atoms with E-state index >= 15 is 0 Å². The zero-order valence-corrected chi connectivity index (χ0v) is 12.8. The first kappa shape index (κ1) is 14.4. The fraction of sp³-hybridized carbons (Fsp3) is 0.176. The summed E-state index contributed by atoms with van der Waals surface area (Å²) in [7, 11) is 0. The van der Waals surface area contributed by atoms with Crippen molar-refractivity contribution in [3.63, 3.8) is 0 Å². The number of rotatable bonds is 4. The molecule has 1 aliphatic rings. The molecule has 7 nitrogen and oxygen atoms in total. The molecule has 1 aromatic carbocycles. The lowest BCUT2D eigenvalue weighted by Crippen LogP contribution is -2.15. The Morgan fingerprint density at radius 1 is 1.29 bits per heavy atom. The molecule has 2 aromatic heterocycles. The van der Waals surface area contributed by atoms with Gasteiger partial charge in [-0.05, 0) is 29.3 Å². The molecule has 4 rings (SSSR count). The molecule has 7 heteroatoms. The number of hydrogen-bond acceptors (Lipinski definition) is 5. The molecule has 0 aliphatic carbocycles. The third-order valence-electron chi connectivity index (χ3n) is 3.76. The molecule has 3 heterocycles. The molecule has 0 bridgehead atoms. The molecule has 0 radical (unpaired) electrons. The molecule has 3 aromatic rings. The number of aromatic amines is 1. The van der Waals surface area contributed by atoms with Gasteiger partial charge >= 0.3 is 0 Å². The lowest BCUT2D eigenvalue weighted by atomic mass is 10.1. The summed E-state index contributed by atoms with van der Waals surface area (Å²) in [5.74, 6) is 1.50. The fourth-order valence-electron chi connectivity index (χ4n) is 2.64. The highest BCUT2D eigenvalue weighted by atomic mass is 16.5. The van der Waals surface area contributed by atoms with E-state index in [4.69, 9.17) is 4.74 Å². The Kier molecular flexibility index (Phi) is 3.66. The number of H-pyrrole nitrogens is 1. The van der Waals surface area contributed by atoms with Crippen LogP contribution < -0.4 is 10.1 Å². The molecule has 2 N–H and O–H groups in total. The van der Waals surface area contributed by atoms with Gasteiger partial charge in [-0.3, -0.25) is 20.2 Å². The number of pyridine rings is 1. The predicted molar refractivity (Wildman–Crippen MR) is 87.6 cm³/mol. The topological polar surface area (TPSA) is 92.8 Å². The van der Waals surface area contributed by atoms with Crippen LogP contribution in [0.15, 0.2) is 42.6 Å². The summed E-state index contributed by atoms with van der Waals surface area (Å²) in [6.07, 6.45) is 2.83. The van der Waals surface area contributed by atoms with Crippen molar-refractivity contribution in [1.82, 2.24) is 20.2 Å². The Morgan fingerprint density at radius 3 is 3.12 bits per heavy atom. The summed E-state index contributed by atoms with van der Waals surface area (Å²) in [6, 6.07) is 11.3. The van der Waals surface area contributed by atoms with Crippen molar-refractivity contribution < 1.29 is 9.53 Å². The van der Waals surface area contributed by atoms with Gasteiger partial charge in [-0.2, -0.15) is 4.98 Å². The van der Waals surface area contributed by atoms with E-state index in [-0.39, 0.29) is 18.3 Å². The molecular formula is C17H15N5O2. The summed E-state index contributed by atoms with van der Waals surface area (Å²) >= 11 is 0. The first-order valence-electron chi connectivity index (χ1n) is 7.66. The SMILES string of the molecule is O=C(Cc1ccc2c(c1)CCO2)Nc1n[nH]c(-c2ccccn2)n1. The van der Waals surface area contributed by atoms with Crippen LogP contribution in [-0.2, 0) is 17.6 Å². The van der Waals surface area contributed by atoms with E-state index in [9.17, 15) is 4.79 Å². The maximum Gasteiger partial charge on any atom is 0.249 e. The van der Waals surface area contributed by atoms with E-state index < -0.39 is 0 Å². The number of carbonyl (C=O) groups is 1. The molecule has 0 fully saturated rings. The average molecular weight is 321 g/mol. The summed E-state index contributed by atoms with van der Waals surface area (Å²) in [5, 5.41) is 9.47. The van der Waals surface area contributed by atoms with E-state index in [1.807, 2.05) is 36.4 Å². The van der Waals surface area contributed by atoms with E-state index in [0.29, 0.717) is 18.1 Å². The van der Waals surface area contributed by atoms with Crippen molar-refractivity contribution in [3.05, 3.63) is 53.7 Å². The van der Waals surface area contributed by atoms with Crippen LogP contribution in [0.1, 0.15) is 11.1 Å². The Hall–Kier alpha value is -3.22. The number of nitrogens with zero attached hydrogens (tertiary/aromatic N) is 3. The number of carbonyl (C=O) groups excluding carboxylic acids is 1. The maximum absolute atomic E-state index is 12.2. The third kappa shape index (κ3) is 2.96. The minimum atomic E-state index is -0.166. The number of ether oxygens (including phenoxy) is 1. The lowest BCUT2D eigenvalue weighted by Gasteiger charge is -2.04.